The molecule has 0 amide bonds. The number of rotatable bonds is 10. The van der Waals surface area contributed by atoms with E-state index in [0.29, 0.717) is 6.61 Å². The minimum atomic E-state index is 0. The molecule has 0 saturated carbocycles. The number of aliphatic hydroxyl groups excluding tert-OH is 1. The standard InChI is InChI=1S/C6H13ClO.C6H12ClO.C4H8O.ClH.Mg/c2*7-5-3-1-2-4-6-8;1-2-4-5-3-1;;/h8H,1-6H2;1-6H2;1-4H2;1H;/q;-1;;;+2/p-1. The fourth-order valence-electron chi connectivity index (χ4n) is 1.62. The van der Waals surface area contributed by atoms with Crippen molar-refractivity contribution in [2.45, 2.75) is 64.2 Å². The largest absolute Gasteiger partial charge is 2.00 e. The maximum absolute atomic E-state index is 9.86. The van der Waals surface area contributed by atoms with Crippen LogP contribution in [0.4, 0.5) is 0 Å². The van der Waals surface area contributed by atoms with E-state index in [2.05, 4.69) is 0 Å². The summed E-state index contributed by atoms with van der Waals surface area (Å²) < 4.78 is 4.94. The zero-order valence-corrected chi connectivity index (χ0v) is 18.1. The predicted molar refractivity (Wildman–Crippen MR) is 96.1 cm³/mol. The van der Waals surface area contributed by atoms with Crippen molar-refractivity contribution in [2.24, 2.45) is 0 Å². The van der Waals surface area contributed by atoms with Gasteiger partial charge in [0.15, 0.2) is 0 Å². The minimum Gasteiger partial charge on any atom is -1.00 e. The monoisotopic (exact) mass is 402 g/mol. The Morgan fingerprint density at radius 2 is 1.22 bits per heavy atom. The number of hydrogen-bond donors (Lipinski definition) is 1. The van der Waals surface area contributed by atoms with Crippen LogP contribution in [0.5, 0.6) is 0 Å². The molecular weight excluding hydrogens is 371 g/mol. The molecule has 138 valence electrons. The van der Waals surface area contributed by atoms with Crippen molar-refractivity contribution in [3.63, 3.8) is 0 Å². The summed E-state index contributed by atoms with van der Waals surface area (Å²) in [7, 11) is 0. The third-order valence-electron chi connectivity index (χ3n) is 2.90. The fraction of sp³-hybridized carbons (Fsp3) is 1.00. The second-order valence-electron chi connectivity index (χ2n) is 4.95. The number of unbranched alkanes of at least 4 members (excludes halogenated alkanes) is 6. The zero-order chi connectivity index (χ0) is 16.0. The number of alkyl halides is 2. The van der Waals surface area contributed by atoms with Crippen LogP contribution in [0.15, 0.2) is 0 Å². The van der Waals surface area contributed by atoms with Gasteiger partial charge in [-0.25, -0.2) is 0 Å². The van der Waals surface area contributed by atoms with E-state index < -0.39 is 0 Å². The van der Waals surface area contributed by atoms with Crippen molar-refractivity contribution in [1.29, 1.82) is 0 Å². The SMILES string of the molecule is C1CCOC1.OCCCCCCCl.[Cl-].[Mg+2].[O-]CCCCCCCl. The summed E-state index contributed by atoms with van der Waals surface area (Å²) in [5.74, 6) is 1.49. The molecule has 3 nitrogen and oxygen atoms in total. The summed E-state index contributed by atoms with van der Waals surface area (Å²) in [6.07, 6.45) is 10.9. The zero-order valence-electron chi connectivity index (χ0n) is 14.4. The minimum absolute atomic E-state index is 0. The van der Waals surface area contributed by atoms with Gasteiger partial charge in [-0.1, -0.05) is 32.1 Å². The van der Waals surface area contributed by atoms with Crippen LogP contribution in [-0.2, 0) is 4.74 Å². The summed E-state index contributed by atoms with van der Waals surface area (Å²) >= 11 is 10.8. The molecule has 0 radical (unpaired) electrons. The molecule has 23 heavy (non-hydrogen) atoms. The van der Waals surface area contributed by atoms with Crippen LogP contribution >= 0.6 is 23.2 Å². The molecule has 1 rings (SSSR count). The first-order chi connectivity index (χ1) is 10.3. The Balaban J connectivity index is -0.000000115. The second kappa shape index (κ2) is 34.8. The number of ether oxygens (including phenoxy) is 1. The Kier molecular flexibility index (Phi) is 48.7. The van der Waals surface area contributed by atoms with E-state index in [1.165, 1.54) is 12.8 Å². The van der Waals surface area contributed by atoms with Crippen molar-refractivity contribution in [2.75, 3.05) is 38.2 Å². The van der Waals surface area contributed by atoms with Crippen molar-refractivity contribution >= 4 is 46.3 Å². The third kappa shape index (κ3) is 39.9. The van der Waals surface area contributed by atoms with Gasteiger partial charge in [0.05, 0.1) is 0 Å². The molecule has 7 heteroatoms. The first-order valence-electron chi connectivity index (χ1n) is 8.22. The summed E-state index contributed by atoms with van der Waals surface area (Å²) in [4.78, 5) is 0. The molecule has 0 bridgehead atoms. The van der Waals surface area contributed by atoms with Crippen molar-refractivity contribution in [3.8, 4) is 0 Å². The van der Waals surface area contributed by atoms with E-state index in [1.807, 2.05) is 0 Å². The van der Waals surface area contributed by atoms with Gasteiger partial charge in [-0.3, -0.25) is 0 Å². The topological polar surface area (TPSA) is 52.5 Å². The molecule has 1 aliphatic heterocycles. The summed E-state index contributed by atoms with van der Waals surface area (Å²) in [5, 5.41) is 18.2. The fourth-order valence-corrected chi connectivity index (χ4v) is 2.00. The van der Waals surface area contributed by atoms with Crippen LogP contribution in [0.25, 0.3) is 0 Å². The van der Waals surface area contributed by atoms with Crippen molar-refractivity contribution in [1.82, 2.24) is 0 Å². The molecule has 0 atom stereocenters. The maximum Gasteiger partial charge on any atom is 2.00 e. The molecular formula is C16H33Cl3MgO3. The van der Waals surface area contributed by atoms with Gasteiger partial charge in [0.2, 0.25) is 0 Å². The Hall–Kier alpha value is 1.52. The van der Waals surface area contributed by atoms with Crippen molar-refractivity contribution < 1.29 is 27.4 Å². The molecule has 1 heterocycles. The molecule has 0 aromatic carbocycles. The smallest absolute Gasteiger partial charge is 1.00 e. The summed E-state index contributed by atoms with van der Waals surface area (Å²) in [6, 6.07) is 0. The summed E-state index contributed by atoms with van der Waals surface area (Å²) in [6.45, 7) is 2.39. The molecule has 0 aromatic rings. The number of aliphatic hydroxyl groups is 1. The Morgan fingerprint density at radius 3 is 1.52 bits per heavy atom. The van der Waals surface area contributed by atoms with Crippen LogP contribution in [0.2, 0.25) is 0 Å². The molecule has 0 aliphatic carbocycles. The van der Waals surface area contributed by atoms with E-state index in [1.54, 1.807) is 0 Å². The Bertz CT molecular complexity index is 134. The van der Waals surface area contributed by atoms with Gasteiger partial charge >= 0.3 is 23.1 Å². The number of hydrogen-bond acceptors (Lipinski definition) is 3. The van der Waals surface area contributed by atoms with Gasteiger partial charge in [-0.2, -0.15) is 0 Å². The van der Waals surface area contributed by atoms with Crippen LogP contribution in [0.3, 0.4) is 0 Å². The quantitative estimate of drug-likeness (QED) is 0.325. The molecule has 1 aliphatic rings. The van der Waals surface area contributed by atoms with Crippen LogP contribution in [0.1, 0.15) is 64.2 Å². The van der Waals surface area contributed by atoms with Crippen LogP contribution in [-0.4, -0.2) is 66.3 Å². The van der Waals surface area contributed by atoms with E-state index in [4.69, 9.17) is 33.0 Å². The average molecular weight is 404 g/mol. The van der Waals surface area contributed by atoms with Crippen LogP contribution < -0.4 is 17.5 Å². The average Bonchev–Trinajstić information content (AvgIpc) is 3.09. The molecule has 0 unspecified atom stereocenters. The van der Waals surface area contributed by atoms with Crippen molar-refractivity contribution in [3.05, 3.63) is 0 Å². The predicted octanol–water partition coefficient (Wildman–Crippen LogP) is 0.344. The molecule has 1 fully saturated rings. The first-order valence-corrected chi connectivity index (χ1v) is 9.29. The molecule has 0 aromatic heterocycles. The number of halogens is 3. The van der Waals surface area contributed by atoms with E-state index in [0.717, 1.165) is 76.3 Å². The van der Waals surface area contributed by atoms with Gasteiger partial charge in [0.25, 0.3) is 0 Å². The van der Waals surface area contributed by atoms with Gasteiger partial charge in [-0.05, 0) is 32.1 Å². The van der Waals surface area contributed by atoms with Gasteiger partial charge in [-0.15, -0.1) is 29.8 Å². The van der Waals surface area contributed by atoms with Gasteiger partial charge in [0, 0.05) is 31.6 Å². The maximum atomic E-state index is 9.86. The van der Waals surface area contributed by atoms with Crippen LogP contribution in [0, 0.1) is 0 Å². The van der Waals surface area contributed by atoms with E-state index >= 15 is 0 Å². The van der Waals surface area contributed by atoms with Gasteiger partial charge < -0.3 is 27.4 Å². The second-order valence-corrected chi connectivity index (χ2v) is 5.71. The Morgan fingerprint density at radius 1 is 0.783 bits per heavy atom. The summed E-state index contributed by atoms with van der Waals surface area (Å²) in [5.41, 5.74) is 0. The molecule has 0 spiro atoms. The molecule has 1 N–H and O–H groups in total. The van der Waals surface area contributed by atoms with E-state index in [9.17, 15) is 5.11 Å². The third-order valence-corrected chi connectivity index (χ3v) is 3.43. The normalized spacial score (nSPS) is 12.0. The van der Waals surface area contributed by atoms with Gasteiger partial charge in [0.1, 0.15) is 0 Å². The Labute approximate surface area is 175 Å². The first kappa shape index (κ1) is 32.2. The van der Waals surface area contributed by atoms with E-state index in [-0.39, 0.29) is 42.1 Å². The molecule has 1 saturated heterocycles.